The highest BCUT2D eigenvalue weighted by molar-refractivity contribution is 5.76. The molecule has 7 atom stereocenters. The van der Waals surface area contributed by atoms with E-state index in [2.05, 4.69) is 43.5 Å². The minimum atomic E-state index is -1.58. The van der Waals surface area contributed by atoms with Gasteiger partial charge in [0.1, 0.15) is 24.4 Å². The molecule has 0 aliphatic carbocycles. The number of unbranched alkanes of at least 4 members (excludes halogenated alkanes) is 26. The van der Waals surface area contributed by atoms with Gasteiger partial charge in [-0.3, -0.25) is 9.59 Å². The first-order valence-corrected chi connectivity index (χ1v) is 26.3. The molecule has 1 rings (SSSR count). The van der Waals surface area contributed by atoms with E-state index >= 15 is 0 Å². The van der Waals surface area contributed by atoms with Crippen LogP contribution >= 0.6 is 0 Å². The van der Waals surface area contributed by atoms with Crippen molar-refractivity contribution < 1.29 is 49.3 Å². The second kappa shape index (κ2) is 43.5. The van der Waals surface area contributed by atoms with Gasteiger partial charge in [0.05, 0.1) is 32.0 Å². The molecular weight excluding hydrogens is 811 g/mol. The second-order valence-electron chi connectivity index (χ2n) is 18.2. The summed E-state index contributed by atoms with van der Waals surface area (Å²) < 4.78 is 16.6. The Bertz CT molecular complexity index is 1160. The lowest BCUT2D eigenvalue weighted by atomic mass is 9.99. The SMILES string of the molecule is CCCCC/C=C\C/C=C\CCCCCCCC(=O)OCCCCCCCCCCCCCCC(=O)NC(COC1OC(CO)C(O)C(O)C1O)C(O)/C=C/CCCCCCCCC. The largest absolute Gasteiger partial charge is 0.466 e. The zero-order chi connectivity index (χ0) is 46.7. The molecule has 374 valence electrons. The zero-order valence-electron chi connectivity index (χ0n) is 40.7. The molecule has 1 heterocycles. The first-order valence-electron chi connectivity index (χ1n) is 26.3. The number of carbonyl (C=O) groups is 2. The number of hydrogen-bond acceptors (Lipinski definition) is 10. The molecule has 0 spiro atoms. The Kier molecular flexibility index (Phi) is 40.7. The van der Waals surface area contributed by atoms with Gasteiger partial charge in [0.15, 0.2) is 6.29 Å². The van der Waals surface area contributed by atoms with Crippen molar-refractivity contribution >= 4 is 11.9 Å². The van der Waals surface area contributed by atoms with E-state index < -0.39 is 49.5 Å². The molecule has 1 saturated heterocycles. The van der Waals surface area contributed by atoms with E-state index in [0.29, 0.717) is 19.4 Å². The van der Waals surface area contributed by atoms with Gasteiger partial charge < -0.3 is 45.1 Å². The number of esters is 1. The monoisotopic (exact) mass is 908 g/mol. The van der Waals surface area contributed by atoms with E-state index in [0.717, 1.165) is 83.5 Å². The highest BCUT2D eigenvalue weighted by Crippen LogP contribution is 2.23. The molecule has 64 heavy (non-hydrogen) atoms. The number of rotatable bonds is 44. The summed E-state index contributed by atoms with van der Waals surface area (Å²) in [6.07, 6.45) is 40.8. The lowest BCUT2D eigenvalue weighted by Crippen LogP contribution is -2.60. The Labute approximate surface area is 390 Å². The molecule has 7 unspecified atom stereocenters. The van der Waals surface area contributed by atoms with E-state index in [1.54, 1.807) is 6.08 Å². The highest BCUT2D eigenvalue weighted by Gasteiger charge is 2.44. The van der Waals surface area contributed by atoms with E-state index in [9.17, 15) is 35.1 Å². The molecule has 0 aromatic heterocycles. The van der Waals surface area contributed by atoms with Crippen molar-refractivity contribution in [2.45, 2.75) is 269 Å². The maximum absolute atomic E-state index is 13.0. The van der Waals surface area contributed by atoms with Crippen LogP contribution in [0.4, 0.5) is 0 Å². The maximum Gasteiger partial charge on any atom is 0.305 e. The molecule has 0 aromatic rings. The van der Waals surface area contributed by atoms with Crippen molar-refractivity contribution in [1.82, 2.24) is 5.32 Å². The minimum absolute atomic E-state index is 0.0481. The van der Waals surface area contributed by atoms with Crippen LogP contribution in [0.1, 0.15) is 226 Å². The van der Waals surface area contributed by atoms with Gasteiger partial charge >= 0.3 is 5.97 Å². The molecule has 6 N–H and O–H groups in total. The molecule has 0 saturated carbocycles. The standard InChI is InChI=1S/C53H97NO10/c1-3-5-7-9-11-13-14-15-16-17-21-25-29-33-37-41-49(58)62-42-38-34-30-26-22-19-18-20-24-28-32-36-40-48(57)54-45(46(56)39-35-31-27-23-12-10-8-6-4-2)44-63-53-52(61)51(60)50(59)47(43-55)64-53/h11,13,15-16,35,39,45-47,50-53,55-56,59-61H,3-10,12,14,17-34,36-38,40-44H2,1-2H3,(H,54,57)/b13-11-,16-15-,39-35+. The van der Waals surface area contributed by atoms with Crippen LogP contribution in [0.3, 0.4) is 0 Å². The maximum atomic E-state index is 13.0. The Balaban J connectivity index is 2.12. The lowest BCUT2D eigenvalue weighted by Gasteiger charge is -2.40. The zero-order valence-corrected chi connectivity index (χ0v) is 40.7. The minimum Gasteiger partial charge on any atom is -0.466 e. The smallest absolute Gasteiger partial charge is 0.305 e. The van der Waals surface area contributed by atoms with Crippen LogP contribution in [0.15, 0.2) is 36.5 Å². The predicted molar refractivity (Wildman–Crippen MR) is 260 cm³/mol. The van der Waals surface area contributed by atoms with Crippen LogP contribution in [0.5, 0.6) is 0 Å². The van der Waals surface area contributed by atoms with Crippen LogP contribution in [-0.4, -0.2) is 100 Å². The van der Waals surface area contributed by atoms with Gasteiger partial charge in [0.2, 0.25) is 5.91 Å². The van der Waals surface area contributed by atoms with E-state index in [4.69, 9.17) is 14.2 Å². The number of nitrogens with one attached hydrogen (secondary N) is 1. The molecule has 1 aliphatic heterocycles. The number of aliphatic hydroxyl groups excluding tert-OH is 5. The Morgan fingerprint density at radius 3 is 1.61 bits per heavy atom. The molecule has 1 fully saturated rings. The summed E-state index contributed by atoms with van der Waals surface area (Å²) in [6, 6.07) is -0.821. The molecule has 1 aliphatic rings. The first kappa shape index (κ1) is 59.9. The van der Waals surface area contributed by atoms with Gasteiger partial charge in [-0.25, -0.2) is 0 Å². The molecular formula is C53H97NO10. The number of allylic oxidation sites excluding steroid dienone is 5. The van der Waals surface area contributed by atoms with E-state index in [-0.39, 0.29) is 18.5 Å². The van der Waals surface area contributed by atoms with Crippen LogP contribution in [0, 0.1) is 0 Å². The molecule has 11 heteroatoms. The summed E-state index contributed by atoms with van der Waals surface area (Å²) in [5.74, 6) is -0.249. The van der Waals surface area contributed by atoms with Crippen LogP contribution in [0.2, 0.25) is 0 Å². The number of carbonyl (C=O) groups excluding carboxylic acids is 2. The van der Waals surface area contributed by atoms with Crippen molar-refractivity contribution in [1.29, 1.82) is 0 Å². The normalized spacial score (nSPS) is 20.1. The summed E-state index contributed by atoms with van der Waals surface area (Å²) in [4.78, 5) is 25.0. The summed E-state index contributed by atoms with van der Waals surface area (Å²) >= 11 is 0. The quantitative estimate of drug-likeness (QED) is 0.0196. The fourth-order valence-electron chi connectivity index (χ4n) is 7.99. The predicted octanol–water partition coefficient (Wildman–Crippen LogP) is 10.8. The van der Waals surface area contributed by atoms with Gasteiger partial charge in [-0.15, -0.1) is 0 Å². The fraction of sp³-hybridized carbons (Fsp3) is 0.849. The number of aliphatic hydroxyl groups is 5. The number of ether oxygens (including phenoxy) is 3. The summed E-state index contributed by atoms with van der Waals surface area (Å²) in [6.45, 7) is 4.21. The van der Waals surface area contributed by atoms with Gasteiger partial charge in [-0.2, -0.15) is 0 Å². The third-order valence-electron chi connectivity index (χ3n) is 12.2. The van der Waals surface area contributed by atoms with Gasteiger partial charge in [-0.05, 0) is 64.2 Å². The topological polar surface area (TPSA) is 175 Å². The lowest BCUT2D eigenvalue weighted by molar-refractivity contribution is -0.302. The highest BCUT2D eigenvalue weighted by atomic mass is 16.7. The fourth-order valence-corrected chi connectivity index (χ4v) is 7.99. The van der Waals surface area contributed by atoms with E-state index in [1.165, 1.54) is 116 Å². The van der Waals surface area contributed by atoms with Crippen molar-refractivity contribution in [2.24, 2.45) is 0 Å². The molecule has 0 radical (unpaired) electrons. The molecule has 11 nitrogen and oxygen atoms in total. The Morgan fingerprint density at radius 2 is 1.05 bits per heavy atom. The van der Waals surface area contributed by atoms with Crippen LogP contribution in [-0.2, 0) is 23.8 Å². The van der Waals surface area contributed by atoms with Crippen molar-refractivity contribution in [3.8, 4) is 0 Å². The third kappa shape index (κ3) is 33.4. The van der Waals surface area contributed by atoms with E-state index in [1.807, 2.05) is 6.08 Å². The summed E-state index contributed by atoms with van der Waals surface area (Å²) in [5, 5.41) is 54.1. The van der Waals surface area contributed by atoms with Gasteiger partial charge in [-0.1, -0.05) is 185 Å². The van der Waals surface area contributed by atoms with Crippen molar-refractivity contribution in [3.63, 3.8) is 0 Å². The molecule has 0 bridgehead atoms. The summed E-state index contributed by atoms with van der Waals surface area (Å²) in [5.41, 5.74) is 0. The Hall–Kier alpha value is -2.12. The van der Waals surface area contributed by atoms with Crippen LogP contribution < -0.4 is 5.32 Å². The number of amides is 1. The average Bonchev–Trinajstić information content (AvgIpc) is 3.29. The third-order valence-corrected chi connectivity index (χ3v) is 12.2. The molecule has 0 aromatic carbocycles. The first-order chi connectivity index (χ1) is 31.2. The average molecular weight is 908 g/mol. The molecule has 1 amide bonds. The van der Waals surface area contributed by atoms with Gasteiger partial charge in [0, 0.05) is 12.8 Å². The Morgan fingerprint density at radius 1 is 0.578 bits per heavy atom. The van der Waals surface area contributed by atoms with Crippen LogP contribution in [0.25, 0.3) is 0 Å². The van der Waals surface area contributed by atoms with Gasteiger partial charge in [0.25, 0.3) is 0 Å². The summed E-state index contributed by atoms with van der Waals surface area (Å²) in [7, 11) is 0. The number of hydrogen-bond donors (Lipinski definition) is 6. The second-order valence-corrected chi connectivity index (χ2v) is 18.2. The van der Waals surface area contributed by atoms with Crippen molar-refractivity contribution in [2.75, 3.05) is 19.8 Å². The van der Waals surface area contributed by atoms with Crippen molar-refractivity contribution in [3.05, 3.63) is 36.5 Å².